The summed E-state index contributed by atoms with van der Waals surface area (Å²) in [5.74, 6) is 1.18. The number of halogens is 1. The fraction of sp³-hybridized carbons (Fsp3) is 0. The number of rotatable bonds is 0. The Morgan fingerprint density at radius 2 is 1.76 bits per heavy atom. The number of hydrogen-bond acceptors (Lipinski definition) is 4. The Morgan fingerprint density at radius 3 is 2.57 bits per heavy atom. The minimum Gasteiger partial charge on any atom is -0.508 e. The van der Waals surface area contributed by atoms with Crippen molar-refractivity contribution in [2.75, 3.05) is 5.32 Å². The number of nitrogens with one attached hydrogen (secondary N) is 1. The molecule has 5 heteroatoms. The van der Waals surface area contributed by atoms with Crippen LogP contribution >= 0.6 is 11.6 Å². The molecule has 0 spiro atoms. The molecular weight excluding hydrogens is 290 g/mol. The summed E-state index contributed by atoms with van der Waals surface area (Å²) in [6.07, 6.45) is 0. The fourth-order valence-electron chi connectivity index (χ4n) is 2.52. The van der Waals surface area contributed by atoms with Crippen LogP contribution in [0.15, 0.2) is 42.5 Å². The van der Waals surface area contributed by atoms with Gasteiger partial charge in [0.2, 0.25) is 0 Å². The van der Waals surface area contributed by atoms with Crippen molar-refractivity contribution < 1.29 is 14.9 Å². The second-order valence-electron chi connectivity index (χ2n) is 4.82. The first-order valence-electron chi connectivity index (χ1n) is 6.36. The van der Waals surface area contributed by atoms with Crippen LogP contribution in [0.1, 0.15) is 0 Å². The van der Waals surface area contributed by atoms with Gasteiger partial charge in [-0.25, -0.2) is 0 Å². The van der Waals surface area contributed by atoms with Crippen molar-refractivity contribution in [3.8, 4) is 23.0 Å². The van der Waals surface area contributed by atoms with E-state index >= 15 is 0 Å². The van der Waals surface area contributed by atoms with Crippen molar-refractivity contribution in [3.63, 3.8) is 0 Å². The van der Waals surface area contributed by atoms with Gasteiger partial charge in [0.1, 0.15) is 22.2 Å². The lowest BCUT2D eigenvalue weighted by molar-refractivity contribution is 0.454. The summed E-state index contributed by atoms with van der Waals surface area (Å²) >= 11 is 6.25. The lowest BCUT2D eigenvalue weighted by Crippen LogP contribution is -2.04. The van der Waals surface area contributed by atoms with Gasteiger partial charge in [-0.1, -0.05) is 35.9 Å². The summed E-state index contributed by atoms with van der Waals surface area (Å²) in [5.41, 5.74) is 1.20. The van der Waals surface area contributed by atoms with Crippen molar-refractivity contribution >= 4 is 33.7 Å². The highest BCUT2D eigenvalue weighted by Crippen LogP contribution is 2.53. The third-order valence-electron chi connectivity index (χ3n) is 3.52. The molecule has 1 heterocycles. The van der Waals surface area contributed by atoms with Gasteiger partial charge in [0, 0.05) is 16.8 Å². The first kappa shape index (κ1) is 12.2. The van der Waals surface area contributed by atoms with Gasteiger partial charge in [-0.05, 0) is 12.1 Å². The molecule has 3 aromatic rings. The van der Waals surface area contributed by atoms with Crippen molar-refractivity contribution in [1.82, 2.24) is 0 Å². The predicted octanol–water partition coefficient (Wildman–Crippen LogP) is 4.75. The maximum atomic E-state index is 10.2. The summed E-state index contributed by atoms with van der Waals surface area (Å²) in [7, 11) is 0. The molecule has 0 unspecified atom stereocenters. The van der Waals surface area contributed by atoms with Gasteiger partial charge < -0.3 is 20.3 Å². The second kappa shape index (κ2) is 4.20. The van der Waals surface area contributed by atoms with Gasteiger partial charge in [-0.2, -0.15) is 0 Å². The second-order valence-corrected chi connectivity index (χ2v) is 5.20. The van der Waals surface area contributed by atoms with Gasteiger partial charge in [0.05, 0.1) is 5.69 Å². The van der Waals surface area contributed by atoms with Crippen LogP contribution in [0, 0.1) is 0 Å². The van der Waals surface area contributed by atoms with Crippen LogP contribution in [-0.2, 0) is 0 Å². The standard InChI is InChI=1S/C16H10ClNO3/c17-13-14-16(10-4-2-1-3-9(10)15(13)20)21-12-7-8(19)5-6-11(12)18-14/h1-7,18-20H. The third-order valence-corrected chi connectivity index (χ3v) is 3.89. The van der Waals surface area contributed by atoms with Crippen LogP contribution < -0.4 is 10.1 Å². The van der Waals surface area contributed by atoms with Gasteiger partial charge >= 0.3 is 0 Å². The Labute approximate surface area is 125 Å². The number of ether oxygens (including phenoxy) is 1. The monoisotopic (exact) mass is 299 g/mol. The Kier molecular flexibility index (Phi) is 2.43. The molecule has 0 atom stereocenters. The van der Waals surface area contributed by atoms with E-state index in [1.165, 1.54) is 6.07 Å². The highest BCUT2D eigenvalue weighted by atomic mass is 35.5. The molecule has 0 fully saturated rings. The van der Waals surface area contributed by atoms with Gasteiger partial charge in [0.15, 0.2) is 11.5 Å². The van der Waals surface area contributed by atoms with Crippen LogP contribution in [-0.4, -0.2) is 10.2 Å². The summed E-state index contributed by atoms with van der Waals surface area (Å²) in [6, 6.07) is 12.1. The van der Waals surface area contributed by atoms with Crippen molar-refractivity contribution in [1.29, 1.82) is 0 Å². The molecule has 0 bridgehead atoms. The van der Waals surface area contributed by atoms with Crippen molar-refractivity contribution in [2.24, 2.45) is 0 Å². The molecule has 1 aliphatic heterocycles. The Hall–Kier alpha value is -2.59. The minimum atomic E-state index is 0.0179. The molecule has 21 heavy (non-hydrogen) atoms. The first-order chi connectivity index (χ1) is 10.1. The molecule has 0 saturated heterocycles. The van der Waals surface area contributed by atoms with Crippen molar-refractivity contribution in [2.45, 2.75) is 0 Å². The van der Waals surface area contributed by atoms with Gasteiger partial charge in [-0.15, -0.1) is 0 Å². The van der Waals surface area contributed by atoms with Crippen LogP contribution in [0.5, 0.6) is 23.0 Å². The molecule has 0 saturated carbocycles. The number of benzene rings is 3. The molecule has 3 N–H and O–H groups in total. The van der Waals surface area contributed by atoms with E-state index in [2.05, 4.69) is 5.32 Å². The van der Waals surface area contributed by atoms with Crippen LogP contribution in [0.4, 0.5) is 11.4 Å². The van der Waals surface area contributed by atoms with E-state index in [1.54, 1.807) is 18.2 Å². The van der Waals surface area contributed by atoms with Crippen LogP contribution in [0.25, 0.3) is 10.8 Å². The van der Waals surface area contributed by atoms with E-state index in [0.29, 0.717) is 28.3 Å². The zero-order valence-corrected chi connectivity index (χ0v) is 11.5. The lowest BCUT2D eigenvalue weighted by atomic mass is 10.1. The number of phenols is 2. The first-order valence-corrected chi connectivity index (χ1v) is 6.74. The maximum Gasteiger partial charge on any atom is 0.160 e. The number of phenolic OH excluding ortho intramolecular Hbond substituents is 2. The molecule has 0 aliphatic carbocycles. The number of anilines is 2. The normalized spacial score (nSPS) is 12.2. The smallest absolute Gasteiger partial charge is 0.160 e. The van der Waals surface area contributed by atoms with Gasteiger partial charge in [-0.3, -0.25) is 0 Å². The lowest BCUT2D eigenvalue weighted by Gasteiger charge is -2.24. The number of aromatic hydroxyl groups is 2. The van der Waals surface area contributed by atoms with E-state index in [0.717, 1.165) is 5.39 Å². The quantitative estimate of drug-likeness (QED) is 0.410. The molecule has 0 radical (unpaired) electrons. The van der Waals surface area contributed by atoms with Crippen LogP contribution in [0.2, 0.25) is 5.02 Å². The van der Waals surface area contributed by atoms with Crippen LogP contribution in [0.3, 0.4) is 0 Å². The number of hydrogen-bond donors (Lipinski definition) is 3. The van der Waals surface area contributed by atoms with Gasteiger partial charge in [0.25, 0.3) is 0 Å². The zero-order chi connectivity index (χ0) is 14.6. The highest BCUT2D eigenvalue weighted by molar-refractivity contribution is 6.37. The van der Waals surface area contributed by atoms with E-state index < -0.39 is 0 Å². The maximum absolute atomic E-state index is 10.2. The zero-order valence-electron chi connectivity index (χ0n) is 10.7. The largest absolute Gasteiger partial charge is 0.508 e. The van der Waals surface area contributed by atoms with E-state index in [-0.39, 0.29) is 16.5 Å². The molecule has 4 rings (SSSR count). The fourth-order valence-corrected chi connectivity index (χ4v) is 2.75. The van der Waals surface area contributed by atoms with E-state index in [4.69, 9.17) is 16.3 Å². The summed E-state index contributed by atoms with van der Waals surface area (Å²) in [5, 5.41) is 24.5. The molecule has 0 amide bonds. The Morgan fingerprint density at radius 1 is 1.00 bits per heavy atom. The Balaban J connectivity index is 2.03. The molecular formula is C16H10ClNO3. The molecule has 1 aliphatic rings. The average molecular weight is 300 g/mol. The summed E-state index contributed by atoms with van der Waals surface area (Å²) in [4.78, 5) is 0. The summed E-state index contributed by atoms with van der Waals surface area (Å²) in [6.45, 7) is 0. The molecule has 104 valence electrons. The van der Waals surface area contributed by atoms with Crippen molar-refractivity contribution in [3.05, 3.63) is 47.5 Å². The average Bonchev–Trinajstić information content (AvgIpc) is 2.51. The van der Waals surface area contributed by atoms with E-state index in [1.807, 2.05) is 18.2 Å². The SMILES string of the molecule is Oc1ccc2c(c1)Oc1c(c(Cl)c(O)c3ccccc13)N2. The molecule has 3 aromatic carbocycles. The predicted molar refractivity (Wildman–Crippen MR) is 82.1 cm³/mol. The topological polar surface area (TPSA) is 61.7 Å². The number of fused-ring (bicyclic) bond motifs is 4. The third kappa shape index (κ3) is 1.69. The molecule has 0 aromatic heterocycles. The molecule has 4 nitrogen and oxygen atoms in total. The Bertz CT molecular complexity index is 892. The summed E-state index contributed by atoms with van der Waals surface area (Å²) < 4.78 is 5.89. The minimum absolute atomic E-state index is 0.0179. The highest BCUT2D eigenvalue weighted by Gasteiger charge is 2.25. The van der Waals surface area contributed by atoms with E-state index in [9.17, 15) is 10.2 Å².